The van der Waals surface area contributed by atoms with Gasteiger partial charge in [-0.25, -0.2) is 0 Å². The van der Waals surface area contributed by atoms with Crippen molar-refractivity contribution in [2.75, 3.05) is 13.7 Å². The van der Waals surface area contributed by atoms with Gasteiger partial charge in [-0.1, -0.05) is 24.3 Å². The first-order valence-electron chi connectivity index (χ1n) is 12.8. The third kappa shape index (κ3) is 5.43. The number of hydrogen-bond acceptors (Lipinski definition) is 6. The number of fused-ring (bicyclic) bond motifs is 2. The highest BCUT2D eigenvalue weighted by atomic mass is 16.5. The molecule has 3 aromatic carbocycles. The fraction of sp³-hybridized carbons (Fsp3) is 0.419. The van der Waals surface area contributed by atoms with Gasteiger partial charge in [-0.05, 0) is 92.6 Å². The molecular formula is C31H36O6. The summed E-state index contributed by atoms with van der Waals surface area (Å²) in [6.45, 7) is 11.5. The van der Waals surface area contributed by atoms with Crippen molar-refractivity contribution in [1.29, 1.82) is 0 Å². The van der Waals surface area contributed by atoms with Gasteiger partial charge in [0.1, 0.15) is 22.8 Å². The Morgan fingerprint density at radius 3 is 2.43 bits per heavy atom. The van der Waals surface area contributed by atoms with Crippen molar-refractivity contribution in [2.45, 2.75) is 72.3 Å². The van der Waals surface area contributed by atoms with Crippen molar-refractivity contribution >= 4 is 22.7 Å². The molecule has 1 unspecified atom stereocenters. The van der Waals surface area contributed by atoms with Crippen LogP contribution in [0.4, 0.5) is 0 Å². The van der Waals surface area contributed by atoms with Gasteiger partial charge in [0.25, 0.3) is 0 Å². The zero-order valence-electron chi connectivity index (χ0n) is 22.8. The second kappa shape index (κ2) is 10.4. The van der Waals surface area contributed by atoms with Gasteiger partial charge in [0.05, 0.1) is 19.6 Å². The molecule has 3 aromatic rings. The molecule has 0 aliphatic carbocycles. The van der Waals surface area contributed by atoms with Crippen LogP contribution < -0.4 is 14.2 Å². The highest BCUT2D eigenvalue weighted by Gasteiger charge is 2.35. The fourth-order valence-corrected chi connectivity index (χ4v) is 5.02. The Hall–Kier alpha value is -3.54. The van der Waals surface area contributed by atoms with Crippen LogP contribution in [0.5, 0.6) is 17.2 Å². The van der Waals surface area contributed by atoms with E-state index in [0.29, 0.717) is 12.2 Å². The van der Waals surface area contributed by atoms with Gasteiger partial charge in [0.15, 0.2) is 0 Å². The van der Waals surface area contributed by atoms with Crippen LogP contribution in [0.15, 0.2) is 36.4 Å². The molecule has 2 atom stereocenters. The van der Waals surface area contributed by atoms with E-state index in [4.69, 9.17) is 18.9 Å². The van der Waals surface area contributed by atoms with Crippen LogP contribution in [0.3, 0.4) is 0 Å². The quantitative estimate of drug-likeness (QED) is 0.269. The summed E-state index contributed by atoms with van der Waals surface area (Å²) in [5.41, 5.74) is 4.38. The topological polar surface area (TPSA) is 71.1 Å². The Balaban J connectivity index is 1.41. The number of benzene rings is 3. The predicted molar refractivity (Wildman–Crippen MR) is 144 cm³/mol. The van der Waals surface area contributed by atoms with Crippen LogP contribution in [0.1, 0.15) is 67.3 Å². The van der Waals surface area contributed by atoms with Gasteiger partial charge in [-0.15, -0.1) is 0 Å². The van der Waals surface area contributed by atoms with Gasteiger partial charge in [0, 0.05) is 18.9 Å². The summed E-state index contributed by atoms with van der Waals surface area (Å²) in [4.78, 5) is 24.5. The lowest BCUT2D eigenvalue weighted by atomic mass is 9.85. The van der Waals surface area contributed by atoms with E-state index in [2.05, 4.69) is 6.92 Å². The Bertz CT molecular complexity index is 1360. The van der Waals surface area contributed by atoms with Gasteiger partial charge in [-0.2, -0.15) is 0 Å². The van der Waals surface area contributed by atoms with Crippen molar-refractivity contribution in [1.82, 2.24) is 0 Å². The molecule has 37 heavy (non-hydrogen) atoms. The van der Waals surface area contributed by atoms with Crippen molar-refractivity contribution in [3.05, 3.63) is 64.2 Å². The second-order valence-electron chi connectivity index (χ2n) is 10.3. The summed E-state index contributed by atoms with van der Waals surface area (Å²) in [6, 6.07) is 11.9. The molecule has 0 saturated carbocycles. The molecule has 0 saturated heterocycles. The Morgan fingerprint density at radius 1 is 1.03 bits per heavy atom. The molecule has 0 radical (unpaired) electrons. The lowest BCUT2D eigenvalue weighted by molar-refractivity contribution is -0.146. The maximum Gasteiger partial charge on any atom is 0.313 e. The first-order valence-corrected chi connectivity index (χ1v) is 12.8. The van der Waals surface area contributed by atoms with E-state index in [1.54, 1.807) is 7.11 Å². The van der Waals surface area contributed by atoms with Crippen LogP contribution in [-0.4, -0.2) is 31.3 Å². The van der Waals surface area contributed by atoms with Crippen molar-refractivity contribution < 1.29 is 28.5 Å². The predicted octanol–water partition coefficient (Wildman–Crippen LogP) is 6.52. The lowest BCUT2D eigenvalue weighted by Crippen LogP contribution is -2.38. The molecule has 1 aliphatic rings. The molecule has 4 rings (SSSR count). The minimum absolute atomic E-state index is 0.249. The van der Waals surface area contributed by atoms with E-state index in [1.165, 1.54) is 6.92 Å². The Labute approximate surface area is 218 Å². The van der Waals surface area contributed by atoms with E-state index < -0.39 is 5.60 Å². The monoisotopic (exact) mass is 504 g/mol. The van der Waals surface area contributed by atoms with Crippen molar-refractivity contribution in [3.8, 4) is 17.2 Å². The molecule has 1 heterocycles. The Kier molecular flexibility index (Phi) is 7.49. The lowest BCUT2D eigenvalue weighted by Gasteiger charge is -2.38. The average molecular weight is 505 g/mol. The maximum atomic E-state index is 12.9. The largest absolute Gasteiger partial charge is 0.497 e. The molecule has 0 bridgehead atoms. The van der Waals surface area contributed by atoms with Gasteiger partial charge in [-0.3, -0.25) is 9.59 Å². The molecule has 0 N–H and O–H groups in total. The summed E-state index contributed by atoms with van der Waals surface area (Å²) < 4.78 is 23.0. The van der Waals surface area contributed by atoms with Gasteiger partial charge >= 0.3 is 11.9 Å². The van der Waals surface area contributed by atoms with Gasteiger partial charge in [0.2, 0.25) is 0 Å². The molecule has 0 aromatic heterocycles. The normalized spacial score (nSPS) is 17.5. The van der Waals surface area contributed by atoms with Crippen LogP contribution >= 0.6 is 0 Å². The summed E-state index contributed by atoms with van der Waals surface area (Å²) in [7, 11) is 1.65. The Morgan fingerprint density at radius 2 is 1.73 bits per heavy atom. The van der Waals surface area contributed by atoms with Crippen molar-refractivity contribution in [3.63, 3.8) is 0 Å². The zero-order valence-corrected chi connectivity index (χ0v) is 22.8. The number of rotatable bonds is 7. The van der Waals surface area contributed by atoms with E-state index in [1.807, 2.05) is 64.1 Å². The highest BCUT2D eigenvalue weighted by molar-refractivity contribution is 5.86. The standard InChI is InChI=1S/C31H36O6/c1-18-19(2)29-27(21(4)28(18)36-22(5)32)12-13-31(6,37-29)14-15-35-30(33)20(3)23-8-9-25-17-26(34-7)11-10-24(25)16-23/h8-11,16-17,20H,12-15H2,1-7H3/t20-,31?/m0/s1. The molecule has 0 fully saturated rings. The number of hydrogen-bond donors (Lipinski definition) is 0. The minimum Gasteiger partial charge on any atom is -0.497 e. The molecular weight excluding hydrogens is 468 g/mol. The van der Waals surface area contributed by atoms with Crippen molar-refractivity contribution in [2.24, 2.45) is 0 Å². The van der Waals surface area contributed by atoms with E-state index in [9.17, 15) is 9.59 Å². The highest BCUT2D eigenvalue weighted by Crippen LogP contribution is 2.44. The van der Waals surface area contributed by atoms with Gasteiger partial charge < -0.3 is 18.9 Å². The summed E-state index contributed by atoms with van der Waals surface area (Å²) >= 11 is 0. The van der Waals surface area contributed by atoms with E-state index >= 15 is 0 Å². The number of carbonyl (C=O) groups excluding carboxylic acids is 2. The second-order valence-corrected chi connectivity index (χ2v) is 10.3. The third-order valence-electron chi connectivity index (χ3n) is 7.61. The van der Waals surface area contributed by atoms with Crippen LogP contribution in [-0.2, 0) is 20.7 Å². The van der Waals surface area contributed by atoms with E-state index in [0.717, 1.165) is 62.9 Å². The van der Waals surface area contributed by atoms with E-state index in [-0.39, 0.29) is 24.5 Å². The number of esters is 2. The third-order valence-corrected chi connectivity index (χ3v) is 7.61. The molecule has 6 heteroatoms. The molecule has 0 amide bonds. The molecule has 0 spiro atoms. The molecule has 1 aliphatic heterocycles. The summed E-state index contributed by atoms with van der Waals surface area (Å²) in [5, 5.41) is 2.12. The van der Waals surface area contributed by atoms with Crippen LogP contribution in [0.25, 0.3) is 10.8 Å². The summed E-state index contributed by atoms with van der Waals surface area (Å²) in [5.74, 6) is 1.34. The van der Waals surface area contributed by atoms with Crippen LogP contribution in [0.2, 0.25) is 0 Å². The number of ether oxygens (including phenoxy) is 4. The SMILES string of the molecule is COc1ccc2cc([C@H](C)C(=O)OCCC3(C)CCc4c(C)c(OC(C)=O)c(C)c(C)c4O3)ccc2c1. The minimum atomic E-state index is -0.453. The smallest absolute Gasteiger partial charge is 0.313 e. The van der Waals surface area contributed by atoms with Crippen LogP contribution in [0, 0.1) is 20.8 Å². The zero-order chi connectivity index (χ0) is 26.9. The maximum absolute atomic E-state index is 12.9. The molecule has 6 nitrogen and oxygen atoms in total. The summed E-state index contributed by atoms with van der Waals surface area (Å²) in [6.07, 6.45) is 2.18. The number of methoxy groups -OCH3 is 1. The fourth-order valence-electron chi connectivity index (χ4n) is 5.02. The first-order chi connectivity index (χ1) is 17.5. The first kappa shape index (κ1) is 26.5. The average Bonchev–Trinajstić information content (AvgIpc) is 2.88. The number of carbonyl (C=O) groups is 2. The molecule has 196 valence electrons.